The minimum absolute atomic E-state index is 0.196. The van der Waals surface area contributed by atoms with Gasteiger partial charge in [-0.05, 0) is 12.1 Å². The van der Waals surface area contributed by atoms with Gasteiger partial charge in [-0.3, -0.25) is 0 Å². The fourth-order valence-electron chi connectivity index (χ4n) is 1.05. The molecule has 0 spiro atoms. The summed E-state index contributed by atoms with van der Waals surface area (Å²) in [5.41, 5.74) is 4.79. The molecule has 0 saturated carbocycles. The van der Waals surface area contributed by atoms with E-state index in [0.717, 1.165) is 12.1 Å². The quantitative estimate of drug-likeness (QED) is 0.753. The van der Waals surface area contributed by atoms with Gasteiger partial charge in [0, 0.05) is 0 Å². The van der Waals surface area contributed by atoms with Gasteiger partial charge in [-0.25, -0.2) is 8.78 Å². The van der Waals surface area contributed by atoms with Crippen LogP contribution in [-0.4, -0.2) is 10.1 Å². The standard InChI is InChI=1S/C8H5F2N3O/c9-4-2-1-3-5(10)6(4)7-12-8(11)14-13-7/h1-3H,(H2,11,12,13). The van der Waals surface area contributed by atoms with Crippen molar-refractivity contribution in [3.63, 3.8) is 0 Å². The molecule has 0 aliphatic heterocycles. The summed E-state index contributed by atoms with van der Waals surface area (Å²) in [7, 11) is 0. The molecule has 0 atom stereocenters. The number of nitrogen functional groups attached to an aromatic ring is 1. The van der Waals surface area contributed by atoms with Crippen molar-refractivity contribution in [1.82, 2.24) is 10.1 Å². The summed E-state index contributed by atoms with van der Waals surface area (Å²) in [5.74, 6) is -1.71. The zero-order valence-corrected chi connectivity index (χ0v) is 6.87. The second kappa shape index (κ2) is 3.06. The fraction of sp³-hybridized carbons (Fsp3) is 0. The highest BCUT2D eigenvalue weighted by molar-refractivity contribution is 5.56. The van der Waals surface area contributed by atoms with Crippen molar-refractivity contribution in [2.24, 2.45) is 0 Å². The summed E-state index contributed by atoms with van der Waals surface area (Å²) in [5, 5.41) is 3.32. The van der Waals surface area contributed by atoms with Crippen molar-refractivity contribution in [2.45, 2.75) is 0 Å². The van der Waals surface area contributed by atoms with Crippen LogP contribution >= 0.6 is 0 Å². The van der Waals surface area contributed by atoms with E-state index in [4.69, 9.17) is 5.73 Å². The monoisotopic (exact) mass is 197 g/mol. The predicted octanol–water partition coefficient (Wildman–Crippen LogP) is 1.60. The van der Waals surface area contributed by atoms with E-state index in [2.05, 4.69) is 14.7 Å². The third-order valence-electron chi connectivity index (χ3n) is 1.63. The SMILES string of the molecule is Nc1nc(-c2c(F)cccc2F)no1. The molecular weight excluding hydrogens is 192 g/mol. The molecule has 1 aromatic carbocycles. The Labute approximate surface area is 77.3 Å². The van der Waals surface area contributed by atoms with Crippen LogP contribution in [0.2, 0.25) is 0 Å². The van der Waals surface area contributed by atoms with Crippen LogP contribution in [0, 0.1) is 11.6 Å². The van der Waals surface area contributed by atoms with E-state index in [1.54, 1.807) is 0 Å². The topological polar surface area (TPSA) is 64.9 Å². The molecule has 2 N–H and O–H groups in total. The van der Waals surface area contributed by atoms with E-state index in [9.17, 15) is 8.78 Å². The molecule has 1 heterocycles. The maximum atomic E-state index is 13.1. The van der Waals surface area contributed by atoms with Crippen molar-refractivity contribution in [1.29, 1.82) is 0 Å². The number of hydrogen-bond acceptors (Lipinski definition) is 4. The molecule has 0 unspecified atom stereocenters. The summed E-state index contributed by atoms with van der Waals surface area (Å²) in [6, 6.07) is 3.22. The highest BCUT2D eigenvalue weighted by atomic mass is 19.1. The number of hydrogen-bond donors (Lipinski definition) is 1. The first-order valence-corrected chi connectivity index (χ1v) is 3.72. The zero-order chi connectivity index (χ0) is 10.1. The molecule has 4 nitrogen and oxygen atoms in total. The van der Waals surface area contributed by atoms with Gasteiger partial charge < -0.3 is 10.3 Å². The molecule has 0 radical (unpaired) electrons. The van der Waals surface area contributed by atoms with Gasteiger partial charge in [-0.2, -0.15) is 4.98 Å². The summed E-state index contributed by atoms with van der Waals surface area (Å²) in [4.78, 5) is 3.52. The van der Waals surface area contributed by atoms with Crippen LogP contribution in [0.15, 0.2) is 22.7 Å². The molecule has 0 saturated heterocycles. The van der Waals surface area contributed by atoms with Crippen LogP contribution in [0.3, 0.4) is 0 Å². The third kappa shape index (κ3) is 1.30. The lowest BCUT2D eigenvalue weighted by atomic mass is 10.2. The summed E-state index contributed by atoms with van der Waals surface area (Å²) < 4.78 is 30.7. The number of rotatable bonds is 1. The normalized spacial score (nSPS) is 10.4. The Kier molecular flexibility index (Phi) is 1.88. The minimum Gasteiger partial charge on any atom is -0.351 e. The van der Waals surface area contributed by atoms with Gasteiger partial charge >= 0.3 is 6.01 Å². The summed E-state index contributed by atoms with van der Waals surface area (Å²) >= 11 is 0. The van der Waals surface area contributed by atoms with Gasteiger partial charge in [0.25, 0.3) is 0 Å². The van der Waals surface area contributed by atoms with Crippen LogP contribution in [0.4, 0.5) is 14.8 Å². The third-order valence-corrected chi connectivity index (χ3v) is 1.63. The lowest BCUT2D eigenvalue weighted by Gasteiger charge is -1.97. The van der Waals surface area contributed by atoms with E-state index in [0.29, 0.717) is 0 Å². The number of nitrogens with zero attached hydrogens (tertiary/aromatic N) is 2. The van der Waals surface area contributed by atoms with E-state index in [-0.39, 0.29) is 17.4 Å². The van der Waals surface area contributed by atoms with E-state index < -0.39 is 11.6 Å². The predicted molar refractivity (Wildman–Crippen MR) is 44.1 cm³/mol. The first kappa shape index (κ1) is 8.61. The molecule has 0 bridgehead atoms. The van der Waals surface area contributed by atoms with Gasteiger partial charge in [0.2, 0.25) is 5.82 Å². The smallest absolute Gasteiger partial charge is 0.319 e. The Balaban J connectivity index is 2.61. The van der Waals surface area contributed by atoms with Crippen LogP contribution in [0.25, 0.3) is 11.4 Å². The van der Waals surface area contributed by atoms with Crippen LogP contribution in [-0.2, 0) is 0 Å². The molecule has 14 heavy (non-hydrogen) atoms. The average molecular weight is 197 g/mol. The second-order valence-corrected chi connectivity index (χ2v) is 2.55. The Bertz CT molecular complexity index is 449. The van der Waals surface area contributed by atoms with Gasteiger partial charge in [-0.1, -0.05) is 11.2 Å². The molecule has 6 heteroatoms. The first-order chi connectivity index (χ1) is 6.68. The van der Waals surface area contributed by atoms with Gasteiger partial charge in [0.05, 0.1) is 5.56 Å². The number of anilines is 1. The molecule has 2 aromatic rings. The Morgan fingerprint density at radius 3 is 2.36 bits per heavy atom. The van der Waals surface area contributed by atoms with Gasteiger partial charge in [-0.15, -0.1) is 0 Å². The lowest BCUT2D eigenvalue weighted by molar-refractivity contribution is 0.435. The van der Waals surface area contributed by atoms with E-state index in [1.165, 1.54) is 6.07 Å². The van der Waals surface area contributed by atoms with Crippen molar-refractivity contribution in [3.8, 4) is 11.4 Å². The summed E-state index contributed by atoms with van der Waals surface area (Å²) in [6.45, 7) is 0. The zero-order valence-electron chi connectivity index (χ0n) is 6.87. The molecule has 1 aromatic heterocycles. The fourth-order valence-corrected chi connectivity index (χ4v) is 1.05. The second-order valence-electron chi connectivity index (χ2n) is 2.55. The van der Waals surface area contributed by atoms with Crippen LogP contribution in [0.1, 0.15) is 0 Å². The highest BCUT2D eigenvalue weighted by Crippen LogP contribution is 2.23. The Morgan fingerprint density at radius 2 is 1.86 bits per heavy atom. The van der Waals surface area contributed by atoms with E-state index >= 15 is 0 Å². The molecular formula is C8H5F2N3O. The molecule has 72 valence electrons. The van der Waals surface area contributed by atoms with E-state index in [1.807, 2.05) is 0 Å². The Hall–Kier alpha value is -1.98. The average Bonchev–Trinajstić information content (AvgIpc) is 2.51. The molecule has 0 fully saturated rings. The number of nitrogens with two attached hydrogens (primary N) is 1. The van der Waals surface area contributed by atoms with Gasteiger partial charge in [0.1, 0.15) is 11.6 Å². The van der Waals surface area contributed by atoms with Gasteiger partial charge in [0.15, 0.2) is 0 Å². The maximum Gasteiger partial charge on any atom is 0.319 e. The summed E-state index contributed by atoms with van der Waals surface area (Å²) in [6.07, 6.45) is 0. The number of aromatic nitrogens is 2. The lowest BCUT2D eigenvalue weighted by Crippen LogP contribution is -1.91. The van der Waals surface area contributed by atoms with Crippen molar-refractivity contribution in [2.75, 3.05) is 5.73 Å². The van der Waals surface area contributed by atoms with Crippen molar-refractivity contribution >= 4 is 6.01 Å². The van der Waals surface area contributed by atoms with Crippen molar-refractivity contribution < 1.29 is 13.3 Å². The van der Waals surface area contributed by atoms with Crippen LogP contribution < -0.4 is 5.73 Å². The molecule has 2 rings (SSSR count). The minimum atomic E-state index is -0.759. The maximum absolute atomic E-state index is 13.1. The largest absolute Gasteiger partial charge is 0.351 e. The number of benzene rings is 1. The number of halogens is 2. The van der Waals surface area contributed by atoms with Crippen LogP contribution in [0.5, 0.6) is 0 Å². The first-order valence-electron chi connectivity index (χ1n) is 3.72. The van der Waals surface area contributed by atoms with Crippen molar-refractivity contribution in [3.05, 3.63) is 29.8 Å². The molecule has 0 amide bonds. The highest BCUT2D eigenvalue weighted by Gasteiger charge is 2.15. The molecule has 0 aliphatic carbocycles. The molecule has 0 aliphatic rings. The Morgan fingerprint density at radius 1 is 1.21 bits per heavy atom.